The molecule has 2 rings (SSSR count). The van der Waals surface area contributed by atoms with Crippen molar-refractivity contribution in [3.63, 3.8) is 0 Å². The molecule has 0 radical (unpaired) electrons. The summed E-state index contributed by atoms with van der Waals surface area (Å²) < 4.78 is 5.43. The minimum absolute atomic E-state index is 0.0920. The van der Waals surface area contributed by atoms with Crippen LogP contribution in [0.15, 0.2) is 48.5 Å². The molecule has 26 heavy (non-hydrogen) atoms. The third kappa shape index (κ3) is 6.57. The molecule has 0 aliphatic heterocycles. The number of nitrogens with one attached hydrogen (secondary N) is 3. The van der Waals surface area contributed by atoms with Gasteiger partial charge >= 0.3 is 6.03 Å². The van der Waals surface area contributed by atoms with Crippen LogP contribution in [0.2, 0.25) is 0 Å². The van der Waals surface area contributed by atoms with Crippen LogP contribution < -0.4 is 16.0 Å². The summed E-state index contributed by atoms with van der Waals surface area (Å²) in [4.78, 5) is 23.8. The van der Waals surface area contributed by atoms with Crippen LogP contribution in [0.5, 0.6) is 0 Å². The van der Waals surface area contributed by atoms with Crippen LogP contribution in [0.3, 0.4) is 0 Å². The molecule has 6 nitrogen and oxygen atoms in total. The maximum absolute atomic E-state index is 12.0. The molecule has 0 saturated heterocycles. The molecule has 0 aromatic heterocycles. The van der Waals surface area contributed by atoms with Gasteiger partial charge in [0.1, 0.15) is 0 Å². The van der Waals surface area contributed by atoms with Crippen molar-refractivity contribution in [2.75, 3.05) is 18.5 Å². The lowest BCUT2D eigenvalue weighted by Gasteiger charge is -2.11. The van der Waals surface area contributed by atoms with Gasteiger partial charge in [0, 0.05) is 18.8 Å². The monoisotopic (exact) mass is 355 g/mol. The maximum atomic E-state index is 12.0. The van der Waals surface area contributed by atoms with E-state index in [1.54, 1.807) is 6.07 Å². The second kappa shape index (κ2) is 10.2. The predicted octanol–water partition coefficient (Wildman–Crippen LogP) is 2.97. The fourth-order valence-corrected chi connectivity index (χ4v) is 2.40. The zero-order valence-corrected chi connectivity index (χ0v) is 15.2. The molecule has 0 atom stereocenters. The minimum Gasteiger partial charge on any atom is -0.377 e. The first-order valence-corrected chi connectivity index (χ1v) is 8.61. The van der Waals surface area contributed by atoms with E-state index < -0.39 is 6.03 Å². The molecule has 0 bridgehead atoms. The number of hydrogen-bond acceptors (Lipinski definition) is 3. The first-order chi connectivity index (χ1) is 12.6. The second-order valence-electron chi connectivity index (χ2n) is 5.86. The van der Waals surface area contributed by atoms with Crippen LogP contribution in [-0.4, -0.2) is 25.1 Å². The molecule has 0 aliphatic rings. The fourth-order valence-electron chi connectivity index (χ4n) is 2.40. The Hall–Kier alpha value is -2.86. The Kier molecular flexibility index (Phi) is 7.64. The number of aryl methyl sites for hydroxylation is 1. The lowest BCUT2D eigenvalue weighted by Crippen LogP contribution is -2.38. The molecule has 0 heterocycles. The number of ether oxygens (including phenoxy) is 1. The molecule has 3 amide bonds. The molecule has 2 aromatic carbocycles. The Balaban J connectivity index is 1.76. The Bertz CT molecular complexity index is 747. The van der Waals surface area contributed by atoms with Crippen molar-refractivity contribution in [1.82, 2.24) is 10.6 Å². The first kappa shape index (κ1) is 19.5. The van der Waals surface area contributed by atoms with Gasteiger partial charge in [-0.2, -0.15) is 0 Å². The van der Waals surface area contributed by atoms with Gasteiger partial charge in [-0.15, -0.1) is 0 Å². The number of carbonyl (C=O) groups is 2. The molecular formula is C20H25N3O3. The van der Waals surface area contributed by atoms with Crippen LogP contribution in [0.1, 0.15) is 23.6 Å². The highest BCUT2D eigenvalue weighted by atomic mass is 16.5. The van der Waals surface area contributed by atoms with E-state index in [-0.39, 0.29) is 12.5 Å². The molecular weight excluding hydrogens is 330 g/mol. The number of amides is 3. The van der Waals surface area contributed by atoms with E-state index in [0.717, 1.165) is 16.7 Å². The quantitative estimate of drug-likeness (QED) is 0.681. The summed E-state index contributed by atoms with van der Waals surface area (Å²) in [7, 11) is 0. The van der Waals surface area contributed by atoms with Crippen LogP contribution in [0.25, 0.3) is 0 Å². The highest BCUT2D eigenvalue weighted by molar-refractivity contribution is 5.92. The molecule has 3 N–H and O–H groups in total. The predicted molar refractivity (Wildman–Crippen MR) is 102 cm³/mol. The molecule has 0 saturated carbocycles. The van der Waals surface area contributed by atoms with E-state index >= 15 is 0 Å². The van der Waals surface area contributed by atoms with Gasteiger partial charge in [-0.1, -0.05) is 36.4 Å². The standard InChI is InChI=1S/C20H25N3O3/c1-3-26-14-17-9-5-4-8-16(17)12-21-19(24)13-22-20(25)23-18-10-6-7-15(2)11-18/h4-11H,3,12-14H2,1-2H3,(H,21,24)(H2,22,23,25). The fraction of sp³-hybridized carbons (Fsp3) is 0.300. The van der Waals surface area contributed by atoms with Crippen molar-refractivity contribution < 1.29 is 14.3 Å². The Morgan fingerprint density at radius 3 is 2.50 bits per heavy atom. The van der Waals surface area contributed by atoms with Gasteiger partial charge < -0.3 is 20.7 Å². The van der Waals surface area contributed by atoms with Gasteiger partial charge in [0.25, 0.3) is 0 Å². The largest absolute Gasteiger partial charge is 0.377 e. The summed E-state index contributed by atoms with van der Waals surface area (Å²) in [6, 6.07) is 14.8. The molecule has 2 aromatic rings. The average molecular weight is 355 g/mol. The minimum atomic E-state index is -0.414. The smallest absolute Gasteiger partial charge is 0.319 e. The number of anilines is 1. The van der Waals surface area contributed by atoms with E-state index in [4.69, 9.17) is 4.74 Å². The Labute approximate surface area is 153 Å². The Morgan fingerprint density at radius 2 is 1.77 bits per heavy atom. The Morgan fingerprint density at radius 1 is 1.00 bits per heavy atom. The summed E-state index contributed by atoms with van der Waals surface area (Å²) in [5.41, 5.74) is 3.78. The zero-order valence-electron chi connectivity index (χ0n) is 15.2. The number of carbonyl (C=O) groups excluding carboxylic acids is 2. The SMILES string of the molecule is CCOCc1ccccc1CNC(=O)CNC(=O)Nc1cccc(C)c1. The van der Waals surface area contributed by atoms with Crippen molar-refractivity contribution >= 4 is 17.6 Å². The third-order valence-corrected chi connectivity index (χ3v) is 3.74. The van der Waals surface area contributed by atoms with Gasteiger partial charge in [0.2, 0.25) is 5.91 Å². The van der Waals surface area contributed by atoms with E-state index in [1.807, 2.05) is 56.3 Å². The highest BCUT2D eigenvalue weighted by Gasteiger charge is 2.07. The summed E-state index contributed by atoms with van der Waals surface area (Å²) in [5.74, 6) is -0.254. The summed E-state index contributed by atoms with van der Waals surface area (Å²) in [5, 5.41) is 8.05. The van der Waals surface area contributed by atoms with Crippen molar-refractivity contribution in [3.05, 3.63) is 65.2 Å². The van der Waals surface area contributed by atoms with Crippen LogP contribution in [0, 0.1) is 6.92 Å². The van der Waals surface area contributed by atoms with Crippen LogP contribution >= 0.6 is 0 Å². The highest BCUT2D eigenvalue weighted by Crippen LogP contribution is 2.10. The average Bonchev–Trinajstić information content (AvgIpc) is 2.63. The second-order valence-corrected chi connectivity index (χ2v) is 5.86. The molecule has 6 heteroatoms. The van der Waals surface area contributed by atoms with Gasteiger partial charge in [-0.05, 0) is 42.7 Å². The molecule has 0 spiro atoms. The molecule has 0 fully saturated rings. The lowest BCUT2D eigenvalue weighted by atomic mass is 10.1. The lowest BCUT2D eigenvalue weighted by molar-refractivity contribution is -0.120. The number of rotatable bonds is 8. The normalized spacial score (nSPS) is 10.2. The van der Waals surface area contributed by atoms with Gasteiger partial charge in [0.05, 0.1) is 13.2 Å². The number of hydrogen-bond donors (Lipinski definition) is 3. The van der Waals surface area contributed by atoms with Crippen LogP contribution in [-0.2, 0) is 22.7 Å². The third-order valence-electron chi connectivity index (χ3n) is 3.74. The van der Waals surface area contributed by atoms with Crippen LogP contribution in [0.4, 0.5) is 10.5 Å². The van der Waals surface area contributed by atoms with Crippen molar-refractivity contribution in [3.8, 4) is 0 Å². The van der Waals surface area contributed by atoms with E-state index in [1.165, 1.54) is 0 Å². The van der Waals surface area contributed by atoms with Crippen molar-refractivity contribution in [1.29, 1.82) is 0 Å². The van der Waals surface area contributed by atoms with E-state index in [0.29, 0.717) is 25.4 Å². The summed E-state index contributed by atoms with van der Waals surface area (Å²) >= 11 is 0. The van der Waals surface area contributed by atoms with E-state index in [9.17, 15) is 9.59 Å². The number of benzene rings is 2. The maximum Gasteiger partial charge on any atom is 0.319 e. The van der Waals surface area contributed by atoms with Crippen molar-refractivity contribution in [2.45, 2.75) is 27.0 Å². The summed E-state index contributed by atoms with van der Waals surface area (Å²) in [6.45, 7) is 5.34. The zero-order chi connectivity index (χ0) is 18.8. The molecule has 138 valence electrons. The first-order valence-electron chi connectivity index (χ1n) is 8.61. The van der Waals surface area contributed by atoms with Gasteiger partial charge in [0.15, 0.2) is 0 Å². The van der Waals surface area contributed by atoms with Gasteiger partial charge in [-0.25, -0.2) is 4.79 Å². The topological polar surface area (TPSA) is 79.5 Å². The van der Waals surface area contributed by atoms with E-state index in [2.05, 4.69) is 16.0 Å². The van der Waals surface area contributed by atoms with Gasteiger partial charge in [-0.3, -0.25) is 4.79 Å². The number of urea groups is 1. The molecule has 0 aliphatic carbocycles. The summed E-state index contributed by atoms with van der Waals surface area (Å²) in [6.07, 6.45) is 0. The molecule has 0 unspecified atom stereocenters. The van der Waals surface area contributed by atoms with Crippen molar-refractivity contribution in [2.24, 2.45) is 0 Å².